The van der Waals surface area contributed by atoms with Gasteiger partial charge in [0.25, 0.3) is 0 Å². The predicted octanol–water partition coefficient (Wildman–Crippen LogP) is 0.369. The fraction of sp³-hybridized carbons (Fsp3) is 0.500. The maximum absolute atomic E-state index is 12.3. The van der Waals surface area contributed by atoms with E-state index in [0.29, 0.717) is 6.54 Å². The zero-order valence-electron chi connectivity index (χ0n) is 5.79. The number of rotatable bonds is 2. The van der Waals surface area contributed by atoms with E-state index in [1.54, 1.807) is 0 Å². The molecule has 1 rings (SSSR count). The summed E-state index contributed by atoms with van der Waals surface area (Å²) in [6, 6.07) is 0.0132. The molecule has 1 atom stereocenters. The minimum Gasteiger partial charge on any atom is -0.326 e. The van der Waals surface area contributed by atoms with Crippen LogP contribution < -0.4 is 5.73 Å². The highest BCUT2D eigenvalue weighted by Gasteiger charge is 1.98. The Morgan fingerprint density at radius 1 is 1.90 bits per heavy atom. The molecular formula is C6H10FN3. The number of hydrogen-bond acceptors (Lipinski definition) is 2. The molecule has 56 valence electrons. The van der Waals surface area contributed by atoms with E-state index in [-0.39, 0.29) is 11.9 Å². The van der Waals surface area contributed by atoms with Gasteiger partial charge in [-0.05, 0) is 6.92 Å². The maximum Gasteiger partial charge on any atom is 0.161 e. The van der Waals surface area contributed by atoms with Crippen LogP contribution in [0.1, 0.15) is 6.92 Å². The van der Waals surface area contributed by atoms with Crippen LogP contribution >= 0.6 is 0 Å². The molecule has 0 aromatic carbocycles. The third-order valence-corrected chi connectivity index (χ3v) is 1.08. The summed E-state index contributed by atoms with van der Waals surface area (Å²) in [4.78, 5) is 0. The average Bonchev–Trinajstić information content (AvgIpc) is 2.13. The molecule has 3 nitrogen and oxygen atoms in total. The highest BCUT2D eigenvalue weighted by Crippen LogP contribution is 1.93. The third kappa shape index (κ3) is 1.80. The number of halogens is 1. The van der Waals surface area contributed by atoms with Crippen LogP contribution in [-0.2, 0) is 6.54 Å². The molecule has 0 aliphatic carbocycles. The van der Waals surface area contributed by atoms with E-state index in [1.807, 2.05) is 6.92 Å². The third-order valence-electron chi connectivity index (χ3n) is 1.08. The monoisotopic (exact) mass is 143 g/mol. The second kappa shape index (κ2) is 2.79. The molecule has 0 saturated heterocycles. The van der Waals surface area contributed by atoms with Crippen LogP contribution in [0.15, 0.2) is 12.4 Å². The van der Waals surface area contributed by atoms with Gasteiger partial charge in [-0.25, -0.2) is 4.39 Å². The summed E-state index contributed by atoms with van der Waals surface area (Å²) in [6.07, 6.45) is 2.49. The molecule has 0 radical (unpaired) electrons. The quantitative estimate of drug-likeness (QED) is 0.650. The molecule has 0 aliphatic heterocycles. The molecule has 4 heteroatoms. The van der Waals surface area contributed by atoms with Crippen molar-refractivity contribution >= 4 is 0 Å². The number of nitrogens with zero attached hydrogens (tertiary/aromatic N) is 2. The van der Waals surface area contributed by atoms with Crippen molar-refractivity contribution in [3.63, 3.8) is 0 Å². The van der Waals surface area contributed by atoms with Crippen molar-refractivity contribution < 1.29 is 4.39 Å². The topological polar surface area (TPSA) is 43.8 Å². The molecule has 0 saturated carbocycles. The normalized spacial score (nSPS) is 13.5. The molecule has 1 aromatic rings. The van der Waals surface area contributed by atoms with Crippen molar-refractivity contribution in [3.05, 3.63) is 18.2 Å². The second-order valence-corrected chi connectivity index (χ2v) is 2.36. The van der Waals surface area contributed by atoms with Gasteiger partial charge in [0.15, 0.2) is 5.82 Å². The molecule has 2 N–H and O–H groups in total. The Kier molecular flexibility index (Phi) is 2.01. The molecule has 0 spiro atoms. The van der Waals surface area contributed by atoms with Crippen molar-refractivity contribution in [3.8, 4) is 0 Å². The number of hydrogen-bond donors (Lipinski definition) is 1. The first-order valence-electron chi connectivity index (χ1n) is 3.12. The average molecular weight is 143 g/mol. The first-order valence-corrected chi connectivity index (χ1v) is 3.12. The highest BCUT2D eigenvalue weighted by atomic mass is 19.1. The standard InChI is InChI=1S/C6H10FN3/c1-5(8)3-10-4-6(7)2-9-10/h2,4-5H,3,8H2,1H3/t5-/m0/s1. The smallest absolute Gasteiger partial charge is 0.161 e. The lowest BCUT2D eigenvalue weighted by atomic mass is 10.4. The van der Waals surface area contributed by atoms with Crippen molar-refractivity contribution in [1.82, 2.24) is 9.78 Å². The first kappa shape index (κ1) is 7.21. The predicted molar refractivity (Wildman–Crippen MR) is 35.8 cm³/mol. The summed E-state index contributed by atoms with van der Waals surface area (Å²) in [7, 11) is 0. The van der Waals surface area contributed by atoms with Crippen molar-refractivity contribution in [2.45, 2.75) is 19.5 Å². The molecule has 10 heavy (non-hydrogen) atoms. The first-order chi connectivity index (χ1) is 4.68. The van der Waals surface area contributed by atoms with E-state index in [2.05, 4.69) is 5.10 Å². The Balaban J connectivity index is 2.58. The molecule has 1 aromatic heterocycles. The second-order valence-electron chi connectivity index (χ2n) is 2.36. The van der Waals surface area contributed by atoms with Crippen LogP contribution in [0, 0.1) is 5.82 Å². The largest absolute Gasteiger partial charge is 0.326 e. The van der Waals surface area contributed by atoms with Crippen LogP contribution in [0.25, 0.3) is 0 Å². The van der Waals surface area contributed by atoms with Crippen molar-refractivity contribution in [1.29, 1.82) is 0 Å². The van der Waals surface area contributed by atoms with Crippen LogP contribution in [-0.4, -0.2) is 15.8 Å². The summed E-state index contributed by atoms with van der Waals surface area (Å²) in [5, 5.41) is 3.72. The Morgan fingerprint density at radius 2 is 2.60 bits per heavy atom. The lowest BCUT2D eigenvalue weighted by Gasteiger charge is -2.02. The molecule has 0 fully saturated rings. The van der Waals surface area contributed by atoms with E-state index >= 15 is 0 Å². The number of nitrogens with two attached hydrogens (primary N) is 1. The summed E-state index contributed by atoms with van der Waals surface area (Å²) >= 11 is 0. The Bertz CT molecular complexity index is 207. The Hall–Kier alpha value is -0.900. The summed E-state index contributed by atoms with van der Waals surface area (Å²) < 4.78 is 13.7. The molecule has 1 heterocycles. The fourth-order valence-corrected chi connectivity index (χ4v) is 0.733. The minimum absolute atomic E-state index is 0.0132. The lowest BCUT2D eigenvalue weighted by molar-refractivity contribution is 0.534. The lowest BCUT2D eigenvalue weighted by Crippen LogP contribution is -2.22. The summed E-state index contributed by atoms with van der Waals surface area (Å²) in [6.45, 7) is 2.41. The van der Waals surface area contributed by atoms with Crippen LogP contribution in [0.5, 0.6) is 0 Å². The summed E-state index contributed by atoms with van der Waals surface area (Å²) in [5.74, 6) is -0.319. The molecule has 0 unspecified atom stereocenters. The van der Waals surface area contributed by atoms with E-state index < -0.39 is 0 Å². The van der Waals surface area contributed by atoms with Gasteiger partial charge in [-0.1, -0.05) is 0 Å². The Morgan fingerprint density at radius 3 is 3.00 bits per heavy atom. The van der Waals surface area contributed by atoms with Gasteiger partial charge in [-0.2, -0.15) is 5.10 Å². The van der Waals surface area contributed by atoms with Crippen LogP contribution in [0.2, 0.25) is 0 Å². The Labute approximate surface area is 58.6 Å². The van der Waals surface area contributed by atoms with Gasteiger partial charge in [-0.3, -0.25) is 4.68 Å². The van der Waals surface area contributed by atoms with Crippen LogP contribution in [0.3, 0.4) is 0 Å². The SMILES string of the molecule is C[C@H](N)Cn1cc(F)cn1. The van der Waals surface area contributed by atoms with E-state index in [9.17, 15) is 4.39 Å². The van der Waals surface area contributed by atoms with Crippen LogP contribution in [0.4, 0.5) is 4.39 Å². The molecular weight excluding hydrogens is 133 g/mol. The molecule has 0 amide bonds. The van der Waals surface area contributed by atoms with Gasteiger partial charge in [0, 0.05) is 6.04 Å². The van der Waals surface area contributed by atoms with Gasteiger partial charge >= 0.3 is 0 Å². The van der Waals surface area contributed by atoms with E-state index in [1.165, 1.54) is 17.1 Å². The van der Waals surface area contributed by atoms with Gasteiger partial charge in [-0.15, -0.1) is 0 Å². The zero-order chi connectivity index (χ0) is 7.56. The number of aromatic nitrogens is 2. The maximum atomic E-state index is 12.3. The highest BCUT2D eigenvalue weighted by molar-refractivity contribution is 4.83. The van der Waals surface area contributed by atoms with Gasteiger partial charge < -0.3 is 5.73 Å². The van der Waals surface area contributed by atoms with E-state index in [0.717, 1.165) is 0 Å². The minimum atomic E-state index is -0.319. The van der Waals surface area contributed by atoms with Crippen molar-refractivity contribution in [2.75, 3.05) is 0 Å². The van der Waals surface area contributed by atoms with E-state index in [4.69, 9.17) is 5.73 Å². The zero-order valence-corrected chi connectivity index (χ0v) is 5.79. The van der Waals surface area contributed by atoms with Gasteiger partial charge in [0.2, 0.25) is 0 Å². The fourth-order valence-electron chi connectivity index (χ4n) is 0.733. The van der Waals surface area contributed by atoms with Crippen molar-refractivity contribution in [2.24, 2.45) is 5.73 Å². The van der Waals surface area contributed by atoms with Gasteiger partial charge in [0.05, 0.1) is 18.9 Å². The summed E-state index contributed by atoms with van der Waals surface area (Å²) in [5.41, 5.74) is 5.45. The van der Waals surface area contributed by atoms with Gasteiger partial charge in [0.1, 0.15) is 0 Å². The molecule has 0 bridgehead atoms. The molecule has 0 aliphatic rings.